The molecular formula is C22H19Br3O5S2. The molecule has 170 valence electrons. The Labute approximate surface area is 216 Å². The van der Waals surface area contributed by atoms with Crippen LogP contribution in [0.1, 0.15) is 0 Å². The number of sulfone groups is 1. The minimum Gasteiger partial charge on any atom is -0.495 e. The number of methoxy groups -OCH3 is 1. The van der Waals surface area contributed by atoms with Crippen LogP contribution in [0, 0.1) is 0 Å². The third kappa shape index (κ3) is 6.09. The lowest BCUT2D eigenvalue weighted by Gasteiger charge is -2.14. The van der Waals surface area contributed by atoms with Crippen LogP contribution in [0.5, 0.6) is 5.75 Å². The Hall–Kier alpha value is -1.04. The molecule has 32 heavy (non-hydrogen) atoms. The normalized spacial score (nSPS) is 16.5. The number of aliphatic hydroxyl groups is 1. The van der Waals surface area contributed by atoms with E-state index in [0.29, 0.717) is 5.76 Å². The molecule has 0 saturated carbocycles. The van der Waals surface area contributed by atoms with Gasteiger partial charge in [-0.3, -0.25) is 0 Å². The molecule has 1 aliphatic carbocycles. The highest BCUT2D eigenvalue weighted by Crippen LogP contribution is 2.38. The van der Waals surface area contributed by atoms with Crippen molar-refractivity contribution in [3.63, 3.8) is 0 Å². The van der Waals surface area contributed by atoms with Crippen molar-refractivity contribution >= 4 is 69.4 Å². The van der Waals surface area contributed by atoms with Crippen LogP contribution in [0.2, 0.25) is 0 Å². The fourth-order valence-electron chi connectivity index (χ4n) is 2.84. The Morgan fingerprint density at radius 3 is 2.47 bits per heavy atom. The van der Waals surface area contributed by atoms with E-state index in [1.165, 1.54) is 18.9 Å². The maximum atomic E-state index is 13.3. The molecule has 1 N–H and O–H groups in total. The average Bonchev–Trinajstić information content (AvgIpc) is 2.90. The van der Waals surface area contributed by atoms with E-state index in [1.807, 2.05) is 24.3 Å². The Kier molecular flexibility index (Phi) is 9.11. The first-order chi connectivity index (χ1) is 15.3. The van der Waals surface area contributed by atoms with Crippen LogP contribution in [0.3, 0.4) is 0 Å². The van der Waals surface area contributed by atoms with Crippen molar-refractivity contribution in [1.82, 2.24) is 0 Å². The first-order valence-corrected chi connectivity index (χ1v) is 14.0. The molecule has 3 rings (SSSR count). The van der Waals surface area contributed by atoms with E-state index in [2.05, 4.69) is 47.8 Å². The van der Waals surface area contributed by atoms with Crippen LogP contribution in [-0.4, -0.2) is 39.1 Å². The second-order valence-electron chi connectivity index (χ2n) is 6.48. The molecule has 0 bridgehead atoms. The molecule has 0 radical (unpaired) electrons. The van der Waals surface area contributed by atoms with Gasteiger partial charge in [0.1, 0.15) is 23.0 Å². The van der Waals surface area contributed by atoms with E-state index in [1.54, 1.807) is 36.4 Å². The van der Waals surface area contributed by atoms with Gasteiger partial charge in [0.15, 0.2) is 0 Å². The molecule has 0 aromatic heterocycles. The summed E-state index contributed by atoms with van der Waals surface area (Å²) in [5, 5.41) is 8.94. The van der Waals surface area contributed by atoms with Crippen molar-refractivity contribution in [2.45, 2.75) is 19.9 Å². The zero-order valence-corrected chi connectivity index (χ0v) is 23.2. The number of aliphatic hydroxyl groups excluding tert-OH is 1. The highest BCUT2D eigenvalue weighted by molar-refractivity contribution is 9.12. The fourth-order valence-corrected chi connectivity index (χ4v) is 7.17. The third-order valence-corrected chi connectivity index (χ3v) is 8.99. The van der Waals surface area contributed by atoms with Crippen molar-refractivity contribution in [1.29, 1.82) is 0 Å². The van der Waals surface area contributed by atoms with Crippen molar-refractivity contribution in [3.05, 3.63) is 79.9 Å². The molecule has 0 heterocycles. The zero-order valence-electron chi connectivity index (χ0n) is 16.8. The van der Waals surface area contributed by atoms with Crippen molar-refractivity contribution in [2.24, 2.45) is 0 Å². The second kappa shape index (κ2) is 11.4. The molecule has 10 heteroatoms. The molecule has 1 unspecified atom stereocenters. The molecule has 0 spiro atoms. The quantitative estimate of drug-likeness (QED) is 0.361. The summed E-state index contributed by atoms with van der Waals surface area (Å²) in [5.74, 6) is 0.876. The molecule has 2 aromatic rings. The maximum Gasteiger partial charge on any atom is 0.210 e. The highest BCUT2D eigenvalue weighted by atomic mass is 79.9. The number of hydrogen-bond acceptors (Lipinski definition) is 6. The van der Waals surface area contributed by atoms with Crippen LogP contribution in [0.4, 0.5) is 0 Å². The lowest BCUT2D eigenvalue weighted by molar-refractivity contribution is 0.151. The summed E-state index contributed by atoms with van der Waals surface area (Å²) in [6.45, 7) is 0.0855. The predicted octanol–water partition coefficient (Wildman–Crippen LogP) is 6.22. The van der Waals surface area contributed by atoms with Gasteiger partial charge in [-0.2, -0.15) is 0 Å². The zero-order chi connectivity index (χ0) is 23.3. The highest BCUT2D eigenvalue weighted by Gasteiger charge is 2.24. The van der Waals surface area contributed by atoms with E-state index in [-0.39, 0.29) is 34.0 Å². The lowest BCUT2D eigenvalue weighted by Crippen LogP contribution is -2.05. The van der Waals surface area contributed by atoms with Gasteiger partial charge in [-0.15, -0.1) is 11.8 Å². The molecule has 1 atom stereocenters. The first-order valence-electron chi connectivity index (χ1n) is 9.31. The van der Waals surface area contributed by atoms with E-state index in [0.717, 1.165) is 18.3 Å². The standard InChI is InChI=1S/C22H19Br3O5S2/c1-29-20-9-5-16(13-21(20)32(27,28)17-6-2-14(23)3-7-17)31-15-4-8-18(24)22(19(25)12-15)30-11-10-26/h2-9,12-13,15,26H,10-11H2,1H3. The van der Waals surface area contributed by atoms with Gasteiger partial charge in [0, 0.05) is 14.6 Å². The lowest BCUT2D eigenvalue weighted by atomic mass is 10.3. The molecule has 2 aromatic carbocycles. The van der Waals surface area contributed by atoms with Crippen LogP contribution in [0.25, 0.3) is 0 Å². The SMILES string of the molecule is COc1ccc(SC2C=CC(Br)=C(OCCO)C(Br)=C2)cc1S(=O)(=O)c1ccc(Br)cc1. The number of thioether (sulfide) groups is 1. The van der Waals surface area contributed by atoms with E-state index < -0.39 is 9.84 Å². The summed E-state index contributed by atoms with van der Waals surface area (Å²) in [5.41, 5.74) is 0. The molecule has 5 nitrogen and oxygen atoms in total. The van der Waals surface area contributed by atoms with Gasteiger partial charge >= 0.3 is 0 Å². The fraction of sp³-hybridized carbons (Fsp3) is 0.182. The van der Waals surface area contributed by atoms with Crippen LogP contribution < -0.4 is 4.74 Å². The van der Waals surface area contributed by atoms with Crippen molar-refractivity contribution < 1.29 is 23.0 Å². The topological polar surface area (TPSA) is 72.8 Å². The molecule has 0 saturated heterocycles. The van der Waals surface area contributed by atoms with E-state index in [4.69, 9.17) is 14.6 Å². The van der Waals surface area contributed by atoms with Crippen LogP contribution in [0.15, 0.2) is 94.6 Å². The van der Waals surface area contributed by atoms with Crippen molar-refractivity contribution in [3.8, 4) is 5.75 Å². The second-order valence-corrected chi connectivity index (χ2v) is 12.3. The number of hydrogen-bond donors (Lipinski definition) is 1. The summed E-state index contributed by atoms with van der Waals surface area (Å²) in [4.78, 5) is 1.07. The van der Waals surface area contributed by atoms with Gasteiger partial charge in [-0.25, -0.2) is 8.42 Å². The van der Waals surface area contributed by atoms with Gasteiger partial charge in [0.05, 0.1) is 27.6 Å². The Morgan fingerprint density at radius 2 is 1.81 bits per heavy atom. The summed E-state index contributed by atoms with van der Waals surface area (Å²) in [6, 6.07) is 11.6. The monoisotopic (exact) mass is 664 g/mol. The largest absolute Gasteiger partial charge is 0.495 e. The Morgan fingerprint density at radius 1 is 1.09 bits per heavy atom. The van der Waals surface area contributed by atoms with Gasteiger partial charge in [0.25, 0.3) is 0 Å². The van der Waals surface area contributed by atoms with Gasteiger partial charge in [0.2, 0.25) is 9.84 Å². The Balaban J connectivity index is 1.92. The van der Waals surface area contributed by atoms with Gasteiger partial charge in [-0.1, -0.05) is 22.0 Å². The molecule has 0 amide bonds. The summed E-state index contributed by atoms with van der Waals surface area (Å²) in [7, 11) is -2.32. The van der Waals surface area contributed by atoms with Crippen LogP contribution in [-0.2, 0) is 14.6 Å². The maximum absolute atomic E-state index is 13.3. The van der Waals surface area contributed by atoms with Crippen molar-refractivity contribution in [2.75, 3.05) is 20.3 Å². The summed E-state index contributed by atoms with van der Waals surface area (Å²) < 4.78 is 39.8. The Bertz CT molecular complexity index is 1170. The van der Waals surface area contributed by atoms with E-state index >= 15 is 0 Å². The average molecular weight is 667 g/mol. The molecule has 1 aliphatic rings. The number of benzene rings is 2. The van der Waals surface area contributed by atoms with E-state index in [9.17, 15) is 8.42 Å². The predicted molar refractivity (Wildman–Crippen MR) is 137 cm³/mol. The molecular weight excluding hydrogens is 648 g/mol. The first kappa shape index (κ1) is 25.6. The summed E-state index contributed by atoms with van der Waals surface area (Å²) in [6.07, 6.45) is 5.80. The van der Waals surface area contributed by atoms with Crippen LogP contribution >= 0.6 is 59.6 Å². The number of allylic oxidation sites excluding steroid dienone is 3. The molecule has 0 aliphatic heterocycles. The third-order valence-electron chi connectivity index (χ3n) is 4.34. The van der Waals surface area contributed by atoms with Gasteiger partial charge < -0.3 is 14.6 Å². The number of rotatable bonds is 8. The minimum absolute atomic E-state index is 0.0899. The summed E-state index contributed by atoms with van der Waals surface area (Å²) >= 11 is 11.8. The smallest absolute Gasteiger partial charge is 0.210 e. The van der Waals surface area contributed by atoms with Gasteiger partial charge in [-0.05, 0) is 86.5 Å². The number of ether oxygens (including phenoxy) is 2. The minimum atomic E-state index is -3.77. The number of halogens is 3. The molecule has 0 fully saturated rings.